The Balaban J connectivity index is 2.04. The summed E-state index contributed by atoms with van der Waals surface area (Å²) in [7, 11) is 1.53. The van der Waals surface area contributed by atoms with Gasteiger partial charge in [-0.1, -0.05) is 44.5 Å². The van der Waals surface area contributed by atoms with Gasteiger partial charge >= 0.3 is 5.97 Å². The second-order valence-corrected chi connectivity index (χ2v) is 7.24. The Morgan fingerprint density at radius 3 is 2.46 bits per heavy atom. The van der Waals surface area contributed by atoms with Crippen LogP contribution in [0.5, 0.6) is 5.75 Å². The zero-order chi connectivity index (χ0) is 19.3. The molecule has 0 unspecified atom stereocenters. The van der Waals surface area contributed by atoms with Crippen LogP contribution in [0.1, 0.15) is 36.7 Å². The number of methoxy groups -OCH3 is 1. The Hall–Kier alpha value is -2.53. The molecule has 0 radical (unpaired) electrons. The molecule has 6 heteroatoms. The molecule has 0 atom stereocenters. The van der Waals surface area contributed by atoms with Crippen molar-refractivity contribution in [2.45, 2.75) is 26.2 Å². The van der Waals surface area contributed by atoms with Crippen molar-refractivity contribution < 1.29 is 19.1 Å². The third kappa shape index (κ3) is 5.23. The normalized spacial score (nSPS) is 11.0. The van der Waals surface area contributed by atoms with Gasteiger partial charge in [-0.05, 0) is 41.3 Å². The largest absolute Gasteiger partial charge is 0.495 e. The molecule has 0 fully saturated rings. The summed E-state index contributed by atoms with van der Waals surface area (Å²) in [5, 5.41) is 3.15. The van der Waals surface area contributed by atoms with Gasteiger partial charge in [-0.2, -0.15) is 0 Å². The van der Waals surface area contributed by atoms with Crippen LogP contribution in [0.25, 0.3) is 0 Å². The quantitative estimate of drug-likeness (QED) is 0.784. The Morgan fingerprint density at radius 2 is 1.85 bits per heavy atom. The highest BCUT2D eigenvalue weighted by Gasteiger charge is 2.17. The zero-order valence-electron chi connectivity index (χ0n) is 15.3. The van der Waals surface area contributed by atoms with Crippen LogP contribution < -0.4 is 10.1 Å². The van der Waals surface area contributed by atoms with Gasteiger partial charge in [0.05, 0.1) is 18.4 Å². The molecule has 0 aromatic heterocycles. The van der Waals surface area contributed by atoms with Crippen LogP contribution >= 0.6 is 11.6 Å². The number of rotatable bonds is 5. The molecule has 26 heavy (non-hydrogen) atoms. The summed E-state index contributed by atoms with van der Waals surface area (Å²) in [6, 6.07) is 12.0. The van der Waals surface area contributed by atoms with E-state index in [1.165, 1.54) is 13.2 Å². The number of nitrogens with one attached hydrogen (secondary N) is 1. The lowest BCUT2D eigenvalue weighted by Crippen LogP contribution is -2.22. The fraction of sp³-hybridized carbons (Fsp3) is 0.300. The van der Waals surface area contributed by atoms with Crippen molar-refractivity contribution >= 4 is 29.2 Å². The third-order valence-electron chi connectivity index (χ3n) is 3.73. The fourth-order valence-corrected chi connectivity index (χ4v) is 2.48. The molecule has 0 heterocycles. The highest BCUT2D eigenvalue weighted by molar-refractivity contribution is 6.30. The molecular formula is C20H22ClNO4. The zero-order valence-corrected chi connectivity index (χ0v) is 16.0. The summed E-state index contributed by atoms with van der Waals surface area (Å²) >= 11 is 5.84. The lowest BCUT2D eigenvalue weighted by Gasteiger charge is -2.21. The number of esters is 1. The Labute approximate surface area is 158 Å². The first-order valence-corrected chi connectivity index (χ1v) is 8.49. The molecule has 0 aliphatic heterocycles. The molecule has 0 saturated carbocycles. The first-order chi connectivity index (χ1) is 12.2. The van der Waals surface area contributed by atoms with Crippen molar-refractivity contribution in [3.63, 3.8) is 0 Å². The van der Waals surface area contributed by atoms with Crippen LogP contribution in [-0.2, 0) is 14.9 Å². The van der Waals surface area contributed by atoms with E-state index in [0.717, 1.165) is 5.56 Å². The minimum atomic E-state index is -0.613. The lowest BCUT2D eigenvalue weighted by molar-refractivity contribution is -0.119. The summed E-state index contributed by atoms with van der Waals surface area (Å²) in [5.41, 5.74) is 1.79. The van der Waals surface area contributed by atoms with Crippen molar-refractivity contribution in [1.82, 2.24) is 0 Å². The van der Waals surface area contributed by atoms with E-state index in [0.29, 0.717) is 16.5 Å². The Morgan fingerprint density at radius 1 is 1.12 bits per heavy atom. The lowest BCUT2D eigenvalue weighted by atomic mass is 9.87. The Kier molecular flexibility index (Phi) is 6.27. The van der Waals surface area contributed by atoms with Gasteiger partial charge < -0.3 is 14.8 Å². The molecule has 0 saturated heterocycles. The predicted molar refractivity (Wildman–Crippen MR) is 102 cm³/mol. The maximum absolute atomic E-state index is 12.2. The molecule has 2 aromatic carbocycles. The van der Waals surface area contributed by atoms with E-state index in [4.69, 9.17) is 21.1 Å². The number of ether oxygens (including phenoxy) is 2. The fourth-order valence-electron chi connectivity index (χ4n) is 2.29. The van der Waals surface area contributed by atoms with Gasteiger partial charge in [0, 0.05) is 5.02 Å². The molecule has 0 spiro atoms. The molecule has 0 aliphatic rings. The van der Waals surface area contributed by atoms with E-state index >= 15 is 0 Å². The van der Waals surface area contributed by atoms with E-state index in [1.807, 2.05) is 12.1 Å². The maximum atomic E-state index is 12.2. The second kappa shape index (κ2) is 8.23. The summed E-state index contributed by atoms with van der Waals surface area (Å²) < 4.78 is 10.3. The molecule has 2 rings (SSSR count). The average Bonchev–Trinajstić information content (AvgIpc) is 2.58. The Bertz CT molecular complexity index is 812. The number of anilines is 1. The number of benzene rings is 2. The van der Waals surface area contributed by atoms with E-state index in [1.54, 1.807) is 24.3 Å². The van der Waals surface area contributed by atoms with E-state index in [9.17, 15) is 9.59 Å². The van der Waals surface area contributed by atoms with Gasteiger partial charge in [0.25, 0.3) is 5.91 Å². The van der Waals surface area contributed by atoms with Gasteiger partial charge in [0.15, 0.2) is 6.61 Å². The summed E-state index contributed by atoms with van der Waals surface area (Å²) in [4.78, 5) is 24.2. The van der Waals surface area contributed by atoms with Crippen LogP contribution in [0.3, 0.4) is 0 Å². The van der Waals surface area contributed by atoms with Gasteiger partial charge in [-0.25, -0.2) is 4.79 Å². The van der Waals surface area contributed by atoms with Gasteiger partial charge in [0.2, 0.25) is 0 Å². The molecule has 5 nitrogen and oxygen atoms in total. The van der Waals surface area contributed by atoms with E-state index < -0.39 is 18.5 Å². The van der Waals surface area contributed by atoms with Crippen LogP contribution in [0.2, 0.25) is 5.02 Å². The van der Waals surface area contributed by atoms with Gasteiger partial charge in [-0.3, -0.25) is 4.79 Å². The topological polar surface area (TPSA) is 64.6 Å². The predicted octanol–water partition coefficient (Wildman–Crippen LogP) is 4.44. The van der Waals surface area contributed by atoms with Crippen molar-refractivity contribution in [3.8, 4) is 5.75 Å². The molecule has 0 aliphatic carbocycles. The number of carbonyl (C=O) groups is 2. The molecule has 1 N–H and O–H groups in total. The number of carbonyl (C=O) groups excluding carboxylic acids is 2. The van der Waals surface area contributed by atoms with Gasteiger partial charge in [-0.15, -0.1) is 0 Å². The standard InChI is InChI=1S/C20H22ClNO4/c1-20(2,3)14-8-9-17(25-4)16(11-14)22-18(23)12-26-19(24)13-6-5-7-15(21)10-13/h5-11H,12H2,1-4H3,(H,22,23). The van der Waals surface area contributed by atoms with Crippen molar-refractivity contribution in [3.05, 3.63) is 58.6 Å². The van der Waals surface area contributed by atoms with Crippen LogP contribution in [0, 0.1) is 0 Å². The number of halogens is 1. The smallest absolute Gasteiger partial charge is 0.338 e. The summed E-state index contributed by atoms with van der Waals surface area (Å²) in [6.07, 6.45) is 0. The monoisotopic (exact) mass is 375 g/mol. The molecule has 0 bridgehead atoms. The van der Waals surface area contributed by atoms with E-state index in [2.05, 4.69) is 26.1 Å². The van der Waals surface area contributed by atoms with Crippen LogP contribution in [0.4, 0.5) is 5.69 Å². The molecule has 1 amide bonds. The number of hydrogen-bond donors (Lipinski definition) is 1. The second-order valence-electron chi connectivity index (χ2n) is 6.80. The highest BCUT2D eigenvalue weighted by Crippen LogP contribution is 2.31. The number of hydrogen-bond acceptors (Lipinski definition) is 4. The van der Waals surface area contributed by atoms with E-state index in [-0.39, 0.29) is 11.0 Å². The van der Waals surface area contributed by atoms with Crippen molar-refractivity contribution in [1.29, 1.82) is 0 Å². The molecule has 2 aromatic rings. The SMILES string of the molecule is COc1ccc(C(C)(C)C)cc1NC(=O)COC(=O)c1cccc(Cl)c1. The highest BCUT2D eigenvalue weighted by atomic mass is 35.5. The maximum Gasteiger partial charge on any atom is 0.338 e. The molecular weight excluding hydrogens is 354 g/mol. The molecule has 138 valence electrons. The summed E-state index contributed by atoms with van der Waals surface area (Å²) in [5.74, 6) is -0.532. The summed E-state index contributed by atoms with van der Waals surface area (Å²) in [6.45, 7) is 5.82. The third-order valence-corrected chi connectivity index (χ3v) is 3.97. The minimum absolute atomic E-state index is 0.0786. The van der Waals surface area contributed by atoms with Crippen molar-refractivity contribution in [2.24, 2.45) is 0 Å². The number of amides is 1. The minimum Gasteiger partial charge on any atom is -0.495 e. The first-order valence-electron chi connectivity index (χ1n) is 8.12. The van der Waals surface area contributed by atoms with Gasteiger partial charge in [0.1, 0.15) is 5.75 Å². The van der Waals surface area contributed by atoms with Crippen molar-refractivity contribution in [2.75, 3.05) is 19.0 Å². The van der Waals surface area contributed by atoms with Crippen LogP contribution in [-0.4, -0.2) is 25.6 Å². The van der Waals surface area contributed by atoms with Crippen LogP contribution in [0.15, 0.2) is 42.5 Å². The average molecular weight is 376 g/mol. The first kappa shape index (κ1) is 19.8.